The van der Waals surface area contributed by atoms with Gasteiger partial charge in [-0.2, -0.15) is 5.26 Å². The molecule has 3 nitrogen and oxygen atoms in total. The van der Waals surface area contributed by atoms with Crippen molar-refractivity contribution >= 4 is 16.7 Å². The van der Waals surface area contributed by atoms with Gasteiger partial charge in [0.05, 0.1) is 12.5 Å². The van der Waals surface area contributed by atoms with Crippen molar-refractivity contribution in [3.8, 4) is 6.07 Å². The average Bonchev–Trinajstić information content (AvgIpc) is 2.69. The zero-order valence-electron chi connectivity index (χ0n) is 9.29. The lowest BCUT2D eigenvalue weighted by Crippen LogP contribution is -1.96. The van der Waals surface area contributed by atoms with Gasteiger partial charge in [0.15, 0.2) is 5.78 Å². The van der Waals surface area contributed by atoms with Crippen LogP contribution in [0.25, 0.3) is 10.9 Å². The number of aromatic amines is 1. The third-order valence-electron chi connectivity index (χ3n) is 2.79. The van der Waals surface area contributed by atoms with E-state index in [1.807, 2.05) is 32.0 Å². The third-order valence-corrected chi connectivity index (χ3v) is 2.79. The summed E-state index contributed by atoms with van der Waals surface area (Å²) in [6.07, 6.45) is 1.63. The fourth-order valence-corrected chi connectivity index (χ4v) is 1.95. The Morgan fingerprint density at radius 1 is 1.38 bits per heavy atom. The van der Waals surface area contributed by atoms with E-state index in [2.05, 4.69) is 4.98 Å². The van der Waals surface area contributed by atoms with Crippen LogP contribution in [0.1, 0.15) is 27.9 Å². The van der Waals surface area contributed by atoms with E-state index >= 15 is 0 Å². The first-order chi connectivity index (χ1) is 7.65. The minimum absolute atomic E-state index is 0.0691. The Labute approximate surface area is 93.7 Å². The zero-order valence-corrected chi connectivity index (χ0v) is 9.29. The number of rotatable bonds is 2. The van der Waals surface area contributed by atoms with E-state index in [0.717, 1.165) is 22.0 Å². The first kappa shape index (κ1) is 10.4. The SMILES string of the molecule is Cc1ccc(C)c2c(C(=O)CC#N)c[nH]c12. The molecule has 0 saturated carbocycles. The minimum Gasteiger partial charge on any atom is -0.360 e. The molecule has 2 rings (SSSR count). The Hall–Kier alpha value is -2.08. The fraction of sp³-hybridized carbons (Fsp3) is 0.231. The number of nitrogens with one attached hydrogen (secondary N) is 1. The summed E-state index contributed by atoms with van der Waals surface area (Å²) in [5, 5.41) is 9.50. The molecule has 0 aliphatic carbocycles. The van der Waals surface area contributed by atoms with Crippen LogP contribution in [0.15, 0.2) is 18.3 Å². The molecule has 1 heterocycles. The lowest BCUT2D eigenvalue weighted by atomic mass is 10.0. The van der Waals surface area contributed by atoms with Gasteiger partial charge in [-0.3, -0.25) is 4.79 Å². The number of aromatic nitrogens is 1. The summed E-state index contributed by atoms with van der Waals surface area (Å²) >= 11 is 0. The lowest BCUT2D eigenvalue weighted by molar-refractivity contribution is 0.0999. The molecule has 16 heavy (non-hydrogen) atoms. The van der Waals surface area contributed by atoms with Crippen molar-refractivity contribution in [2.24, 2.45) is 0 Å². The van der Waals surface area contributed by atoms with Crippen molar-refractivity contribution in [3.63, 3.8) is 0 Å². The molecule has 0 spiro atoms. The van der Waals surface area contributed by atoms with Crippen molar-refractivity contribution < 1.29 is 4.79 Å². The van der Waals surface area contributed by atoms with Gasteiger partial charge in [0, 0.05) is 22.7 Å². The number of nitrogens with zero attached hydrogens (tertiary/aromatic N) is 1. The maximum atomic E-state index is 11.7. The monoisotopic (exact) mass is 212 g/mol. The molecule has 2 aromatic rings. The number of carbonyl (C=O) groups excluding carboxylic acids is 1. The number of hydrogen-bond donors (Lipinski definition) is 1. The van der Waals surface area contributed by atoms with Crippen LogP contribution in [0.2, 0.25) is 0 Å². The Morgan fingerprint density at radius 2 is 2.06 bits per heavy atom. The van der Waals surface area contributed by atoms with Crippen molar-refractivity contribution in [2.45, 2.75) is 20.3 Å². The Balaban J connectivity index is 2.70. The van der Waals surface area contributed by atoms with E-state index in [4.69, 9.17) is 5.26 Å². The van der Waals surface area contributed by atoms with Gasteiger partial charge in [-0.1, -0.05) is 12.1 Å². The first-order valence-electron chi connectivity index (χ1n) is 5.12. The zero-order chi connectivity index (χ0) is 11.7. The van der Waals surface area contributed by atoms with Crippen molar-refractivity contribution in [3.05, 3.63) is 35.0 Å². The second-order valence-electron chi connectivity index (χ2n) is 3.91. The average molecular weight is 212 g/mol. The predicted octanol–water partition coefficient (Wildman–Crippen LogP) is 2.88. The molecule has 1 aromatic heterocycles. The molecule has 0 radical (unpaired) electrons. The summed E-state index contributed by atoms with van der Waals surface area (Å²) in [6.45, 7) is 3.97. The summed E-state index contributed by atoms with van der Waals surface area (Å²) in [5.74, 6) is -0.123. The highest BCUT2D eigenvalue weighted by Crippen LogP contribution is 2.25. The minimum atomic E-state index is -0.123. The predicted molar refractivity (Wildman–Crippen MR) is 62.3 cm³/mol. The maximum absolute atomic E-state index is 11.7. The summed E-state index contributed by atoms with van der Waals surface area (Å²) in [5.41, 5.74) is 3.78. The van der Waals surface area contributed by atoms with Crippen LogP contribution in [0.5, 0.6) is 0 Å². The third kappa shape index (κ3) is 1.49. The van der Waals surface area contributed by atoms with Gasteiger partial charge in [0.1, 0.15) is 0 Å². The van der Waals surface area contributed by atoms with Crippen molar-refractivity contribution in [1.29, 1.82) is 5.26 Å². The Bertz CT molecular complexity index is 602. The largest absolute Gasteiger partial charge is 0.360 e. The van der Waals surface area contributed by atoms with Gasteiger partial charge >= 0.3 is 0 Å². The van der Waals surface area contributed by atoms with E-state index in [1.54, 1.807) is 6.20 Å². The number of aryl methyl sites for hydroxylation is 2. The summed E-state index contributed by atoms with van der Waals surface area (Å²) in [4.78, 5) is 14.8. The van der Waals surface area contributed by atoms with Crippen LogP contribution in [0.3, 0.4) is 0 Å². The molecule has 0 saturated heterocycles. The molecule has 0 aliphatic rings. The molecule has 0 atom stereocenters. The normalized spacial score (nSPS) is 10.3. The molecule has 0 unspecified atom stereocenters. The quantitative estimate of drug-likeness (QED) is 0.778. The second kappa shape index (κ2) is 3.82. The molecular weight excluding hydrogens is 200 g/mol. The molecule has 1 N–H and O–H groups in total. The number of nitriles is 1. The van der Waals surface area contributed by atoms with Crippen LogP contribution in [-0.4, -0.2) is 10.8 Å². The molecule has 80 valence electrons. The van der Waals surface area contributed by atoms with Gasteiger partial charge in [-0.25, -0.2) is 0 Å². The fourth-order valence-electron chi connectivity index (χ4n) is 1.95. The van der Waals surface area contributed by atoms with Gasteiger partial charge in [-0.05, 0) is 25.0 Å². The molecule has 0 fully saturated rings. The number of fused-ring (bicyclic) bond motifs is 1. The number of H-pyrrole nitrogens is 1. The smallest absolute Gasteiger partial charge is 0.179 e. The summed E-state index contributed by atoms with van der Waals surface area (Å²) in [7, 11) is 0. The van der Waals surface area contributed by atoms with Crippen LogP contribution in [0, 0.1) is 25.2 Å². The van der Waals surface area contributed by atoms with Crippen molar-refractivity contribution in [2.75, 3.05) is 0 Å². The maximum Gasteiger partial charge on any atom is 0.179 e. The molecular formula is C13H12N2O. The Morgan fingerprint density at radius 3 is 2.75 bits per heavy atom. The van der Waals surface area contributed by atoms with Gasteiger partial charge in [0.25, 0.3) is 0 Å². The van der Waals surface area contributed by atoms with Crippen LogP contribution in [-0.2, 0) is 0 Å². The highest BCUT2D eigenvalue weighted by Gasteiger charge is 2.14. The van der Waals surface area contributed by atoms with Gasteiger partial charge < -0.3 is 4.98 Å². The first-order valence-corrected chi connectivity index (χ1v) is 5.12. The van der Waals surface area contributed by atoms with Crippen LogP contribution in [0.4, 0.5) is 0 Å². The highest BCUT2D eigenvalue weighted by molar-refractivity contribution is 6.10. The number of hydrogen-bond acceptors (Lipinski definition) is 2. The molecule has 3 heteroatoms. The van der Waals surface area contributed by atoms with E-state index in [1.165, 1.54) is 0 Å². The lowest BCUT2D eigenvalue weighted by Gasteiger charge is -2.01. The topological polar surface area (TPSA) is 56.6 Å². The van der Waals surface area contributed by atoms with Gasteiger partial charge in [-0.15, -0.1) is 0 Å². The molecule has 0 aliphatic heterocycles. The standard InChI is InChI=1S/C13H12N2O/c1-8-3-4-9(2)13-12(8)10(7-15-13)11(16)5-6-14/h3-4,7,15H,5H2,1-2H3. The van der Waals surface area contributed by atoms with Crippen LogP contribution >= 0.6 is 0 Å². The van der Waals surface area contributed by atoms with E-state index < -0.39 is 0 Å². The van der Waals surface area contributed by atoms with Crippen LogP contribution < -0.4 is 0 Å². The van der Waals surface area contributed by atoms with E-state index in [9.17, 15) is 4.79 Å². The number of Topliss-reactive ketones (excluding diaryl/α,β-unsaturated/α-hetero) is 1. The second-order valence-corrected chi connectivity index (χ2v) is 3.91. The van der Waals surface area contributed by atoms with E-state index in [0.29, 0.717) is 5.56 Å². The van der Waals surface area contributed by atoms with Gasteiger partial charge in [0.2, 0.25) is 0 Å². The molecule has 0 amide bonds. The van der Waals surface area contributed by atoms with E-state index in [-0.39, 0.29) is 12.2 Å². The number of benzene rings is 1. The number of carbonyl (C=O) groups is 1. The molecule has 0 bridgehead atoms. The Kier molecular flexibility index (Phi) is 2.49. The summed E-state index contributed by atoms with van der Waals surface area (Å²) in [6, 6.07) is 5.91. The molecule has 1 aromatic carbocycles. The highest BCUT2D eigenvalue weighted by atomic mass is 16.1. The van der Waals surface area contributed by atoms with Crippen molar-refractivity contribution in [1.82, 2.24) is 4.98 Å². The number of ketones is 1. The summed E-state index contributed by atoms with van der Waals surface area (Å²) < 4.78 is 0.